The van der Waals surface area contributed by atoms with Crippen LogP contribution in [0.25, 0.3) is 0 Å². The van der Waals surface area contributed by atoms with Crippen LogP contribution in [0.15, 0.2) is 39.4 Å². The smallest absolute Gasteiger partial charge is 0.193 e. The molecule has 0 spiro atoms. The number of guanidine groups is 1. The minimum absolute atomic E-state index is 0.388. The van der Waals surface area contributed by atoms with Crippen LogP contribution in [0.4, 0.5) is 0 Å². The first-order valence-electron chi connectivity index (χ1n) is 8.12. The van der Waals surface area contributed by atoms with Crippen LogP contribution in [-0.4, -0.2) is 42.5 Å². The van der Waals surface area contributed by atoms with E-state index in [-0.39, 0.29) is 0 Å². The van der Waals surface area contributed by atoms with Crippen LogP contribution in [0.5, 0.6) is 0 Å². The second-order valence-corrected chi connectivity index (χ2v) is 6.54. The number of aliphatic imine (C=N–C) groups is 1. The molecule has 0 radical (unpaired) electrons. The zero-order valence-corrected chi connectivity index (χ0v) is 15.0. The van der Waals surface area contributed by atoms with Crippen LogP contribution in [0.2, 0.25) is 0 Å². The van der Waals surface area contributed by atoms with Crippen molar-refractivity contribution in [2.24, 2.45) is 4.99 Å². The quantitative estimate of drug-likeness (QED) is 0.594. The maximum atomic E-state index is 5.37. The highest BCUT2D eigenvalue weighted by Gasteiger charge is 2.14. The third-order valence-corrected chi connectivity index (χ3v) is 4.51. The van der Waals surface area contributed by atoms with Gasteiger partial charge in [-0.2, -0.15) is 0 Å². The number of likely N-dealkylation sites (N-methyl/N-ethyl adjacent to an activating group) is 1. The Labute approximate surface area is 142 Å². The normalized spacial score (nSPS) is 13.1. The average Bonchev–Trinajstić information content (AvgIpc) is 3.23. The van der Waals surface area contributed by atoms with E-state index in [1.54, 1.807) is 17.6 Å². The number of nitrogens with one attached hydrogen (secondary N) is 1. The topological polar surface area (TPSA) is 53.7 Å². The molecule has 1 unspecified atom stereocenters. The number of furan rings is 1. The van der Waals surface area contributed by atoms with Crippen molar-refractivity contribution in [3.05, 3.63) is 40.7 Å². The van der Waals surface area contributed by atoms with E-state index in [0.717, 1.165) is 44.2 Å². The van der Waals surface area contributed by atoms with Gasteiger partial charge in [0, 0.05) is 50.6 Å². The van der Waals surface area contributed by atoms with Gasteiger partial charge in [0.1, 0.15) is 5.76 Å². The van der Waals surface area contributed by atoms with Gasteiger partial charge in [-0.15, -0.1) is 11.3 Å². The van der Waals surface area contributed by atoms with Crippen molar-refractivity contribution in [3.63, 3.8) is 0 Å². The Kier molecular flexibility index (Phi) is 7.13. The molecule has 2 rings (SSSR count). The van der Waals surface area contributed by atoms with Crippen molar-refractivity contribution in [1.82, 2.24) is 15.2 Å². The Balaban J connectivity index is 1.88. The third kappa shape index (κ3) is 5.71. The first-order chi connectivity index (χ1) is 11.2. The summed E-state index contributed by atoms with van der Waals surface area (Å²) >= 11 is 1.71. The van der Waals surface area contributed by atoms with E-state index in [1.165, 1.54) is 5.01 Å². The van der Waals surface area contributed by atoms with Gasteiger partial charge in [-0.3, -0.25) is 4.99 Å². The Morgan fingerprint density at radius 2 is 2.39 bits per heavy atom. The summed E-state index contributed by atoms with van der Waals surface area (Å²) in [4.78, 5) is 11.3. The minimum atomic E-state index is 0.388. The molecule has 0 aromatic carbocycles. The SMILES string of the molecule is CCCN=C(NCCc1ccco1)N(C)CC(C)c1nccs1. The van der Waals surface area contributed by atoms with Crippen molar-refractivity contribution >= 4 is 17.3 Å². The highest BCUT2D eigenvalue weighted by atomic mass is 32.1. The summed E-state index contributed by atoms with van der Waals surface area (Å²) in [6, 6.07) is 3.92. The van der Waals surface area contributed by atoms with Crippen LogP contribution < -0.4 is 5.32 Å². The summed E-state index contributed by atoms with van der Waals surface area (Å²) < 4.78 is 5.37. The second-order valence-electron chi connectivity index (χ2n) is 5.61. The molecule has 0 fully saturated rings. The molecule has 0 aliphatic heterocycles. The number of thiazole rings is 1. The fraction of sp³-hybridized carbons (Fsp3) is 0.529. The molecule has 0 aliphatic rings. The predicted molar refractivity (Wildman–Crippen MR) is 96.2 cm³/mol. The van der Waals surface area contributed by atoms with E-state index >= 15 is 0 Å². The van der Waals surface area contributed by atoms with E-state index in [1.807, 2.05) is 23.7 Å². The highest BCUT2D eigenvalue weighted by molar-refractivity contribution is 7.09. The molecule has 0 saturated heterocycles. The third-order valence-electron chi connectivity index (χ3n) is 3.50. The molecule has 2 aromatic rings. The van der Waals surface area contributed by atoms with E-state index in [0.29, 0.717) is 5.92 Å². The molecule has 0 saturated carbocycles. The van der Waals surface area contributed by atoms with Gasteiger partial charge < -0.3 is 14.6 Å². The fourth-order valence-electron chi connectivity index (χ4n) is 2.33. The maximum Gasteiger partial charge on any atom is 0.193 e. The molecule has 2 aromatic heterocycles. The van der Waals surface area contributed by atoms with Gasteiger partial charge in [0.2, 0.25) is 0 Å². The molecule has 6 heteroatoms. The van der Waals surface area contributed by atoms with Crippen LogP contribution in [0.1, 0.15) is 37.0 Å². The van der Waals surface area contributed by atoms with E-state index in [4.69, 9.17) is 4.42 Å². The van der Waals surface area contributed by atoms with E-state index in [9.17, 15) is 0 Å². The predicted octanol–water partition coefficient (Wildman–Crippen LogP) is 3.37. The molecule has 0 amide bonds. The summed E-state index contributed by atoms with van der Waals surface area (Å²) in [5, 5.41) is 6.64. The largest absolute Gasteiger partial charge is 0.469 e. The fourth-order valence-corrected chi connectivity index (χ4v) is 3.02. The van der Waals surface area contributed by atoms with Gasteiger partial charge in [0.25, 0.3) is 0 Å². The van der Waals surface area contributed by atoms with Crippen LogP contribution >= 0.6 is 11.3 Å². The zero-order chi connectivity index (χ0) is 16.5. The molecule has 126 valence electrons. The number of rotatable bonds is 8. The minimum Gasteiger partial charge on any atom is -0.469 e. The molecule has 5 nitrogen and oxygen atoms in total. The maximum absolute atomic E-state index is 5.37. The van der Waals surface area contributed by atoms with Crippen molar-refractivity contribution in [2.75, 3.05) is 26.7 Å². The molecule has 23 heavy (non-hydrogen) atoms. The van der Waals surface area contributed by atoms with Gasteiger partial charge in [-0.25, -0.2) is 4.98 Å². The van der Waals surface area contributed by atoms with E-state index < -0.39 is 0 Å². The van der Waals surface area contributed by atoms with Crippen LogP contribution in [-0.2, 0) is 6.42 Å². The number of hydrogen-bond donors (Lipinski definition) is 1. The van der Waals surface area contributed by atoms with E-state index in [2.05, 4.69) is 41.1 Å². The molecular formula is C17H26N4OS. The zero-order valence-electron chi connectivity index (χ0n) is 14.2. The highest BCUT2D eigenvalue weighted by Crippen LogP contribution is 2.18. The van der Waals surface area contributed by atoms with Gasteiger partial charge in [0.15, 0.2) is 5.96 Å². The Morgan fingerprint density at radius 1 is 1.52 bits per heavy atom. The molecule has 0 aliphatic carbocycles. The molecule has 1 N–H and O–H groups in total. The first-order valence-corrected chi connectivity index (χ1v) is 9.00. The summed E-state index contributed by atoms with van der Waals surface area (Å²) in [6.07, 6.45) is 5.47. The summed E-state index contributed by atoms with van der Waals surface area (Å²) in [6.45, 7) is 6.88. The lowest BCUT2D eigenvalue weighted by molar-refractivity contribution is 0.442. The summed E-state index contributed by atoms with van der Waals surface area (Å²) in [7, 11) is 2.08. The van der Waals surface area contributed by atoms with Crippen LogP contribution in [0.3, 0.4) is 0 Å². The molecular weight excluding hydrogens is 308 g/mol. The Bertz CT molecular complexity index is 565. The van der Waals surface area contributed by atoms with Gasteiger partial charge in [-0.05, 0) is 18.6 Å². The van der Waals surface area contributed by atoms with Crippen molar-refractivity contribution in [2.45, 2.75) is 32.6 Å². The number of nitrogens with zero attached hydrogens (tertiary/aromatic N) is 3. The lowest BCUT2D eigenvalue weighted by Gasteiger charge is -2.25. The van der Waals surface area contributed by atoms with Gasteiger partial charge in [-0.1, -0.05) is 13.8 Å². The lowest BCUT2D eigenvalue weighted by atomic mass is 10.2. The van der Waals surface area contributed by atoms with Crippen molar-refractivity contribution in [3.8, 4) is 0 Å². The Morgan fingerprint density at radius 3 is 3.04 bits per heavy atom. The van der Waals surface area contributed by atoms with Gasteiger partial charge in [0.05, 0.1) is 11.3 Å². The summed E-state index contributed by atoms with van der Waals surface area (Å²) in [5.41, 5.74) is 0. The molecule has 1 atom stereocenters. The number of hydrogen-bond acceptors (Lipinski definition) is 4. The standard InChI is InChI=1S/C17H26N4OS/c1-4-8-19-17(20-9-7-15-6-5-11-22-15)21(3)13-14(2)16-18-10-12-23-16/h5-6,10-12,14H,4,7-9,13H2,1-3H3,(H,19,20). The van der Waals surface area contributed by atoms with Gasteiger partial charge >= 0.3 is 0 Å². The second kappa shape index (κ2) is 9.35. The number of aromatic nitrogens is 1. The monoisotopic (exact) mass is 334 g/mol. The first kappa shape index (κ1) is 17.5. The lowest BCUT2D eigenvalue weighted by Crippen LogP contribution is -2.41. The van der Waals surface area contributed by atoms with Crippen LogP contribution in [0, 0.1) is 0 Å². The Hall–Kier alpha value is -1.82. The van der Waals surface area contributed by atoms with Crippen molar-refractivity contribution < 1.29 is 4.42 Å². The van der Waals surface area contributed by atoms with Crippen molar-refractivity contribution in [1.29, 1.82) is 0 Å². The molecule has 0 bridgehead atoms. The average molecular weight is 334 g/mol. The molecule has 2 heterocycles. The summed E-state index contributed by atoms with van der Waals surface area (Å²) in [5.74, 6) is 2.33.